The first-order chi connectivity index (χ1) is 13.1. The lowest BCUT2D eigenvalue weighted by Crippen LogP contribution is -2.29. The summed E-state index contributed by atoms with van der Waals surface area (Å²) in [4.78, 5) is 13.2. The van der Waals surface area contributed by atoms with Crippen molar-refractivity contribution >= 4 is 0 Å². The van der Waals surface area contributed by atoms with Crippen LogP contribution in [0.3, 0.4) is 0 Å². The molecule has 2 aliphatic heterocycles. The third kappa shape index (κ3) is 6.78. The number of hydrogen-bond acceptors (Lipinski definition) is 6. The molecule has 6 nitrogen and oxygen atoms in total. The molecule has 27 heavy (non-hydrogen) atoms. The van der Waals surface area contributed by atoms with Gasteiger partial charge in [0.25, 0.3) is 0 Å². The van der Waals surface area contributed by atoms with Gasteiger partial charge in [0.15, 0.2) is 11.8 Å². The molecule has 2 aromatic rings. The van der Waals surface area contributed by atoms with Gasteiger partial charge in [-0.1, -0.05) is 13.8 Å². The Kier molecular flexibility index (Phi) is 9.01. The van der Waals surface area contributed by atoms with E-state index in [1.165, 1.54) is 25.7 Å². The fourth-order valence-corrected chi connectivity index (χ4v) is 3.51. The van der Waals surface area contributed by atoms with Crippen LogP contribution < -0.4 is 0 Å². The average Bonchev–Trinajstić information content (AvgIpc) is 3.37. The Balaban J connectivity index is 0.000000178. The molecule has 0 aromatic carbocycles. The van der Waals surface area contributed by atoms with Crippen molar-refractivity contribution in [2.45, 2.75) is 58.3 Å². The summed E-state index contributed by atoms with van der Waals surface area (Å²) in [5, 5.41) is 0. The highest BCUT2D eigenvalue weighted by atomic mass is 16.4. The Morgan fingerprint density at radius 1 is 0.852 bits per heavy atom. The Morgan fingerprint density at radius 3 is 1.78 bits per heavy atom. The van der Waals surface area contributed by atoms with E-state index in [0.717, 1.165) is 43.7 Å². The molecule has 4 rings (SSSR count). The van der Waals surface area contributed by atoms with Crippen LogP contribution in [0, 0.1) is 6.92 Å². The second-order valence-corrected chi connectivity index (χ2v) is 7.33. The zero-order valence-electron chi connectivity index (χ0n) is 17.6. The average molecular weight is 377 g/mol. The molecular weight excluding hydrogens is 340 g/mol. The van der Waals surface area contributed by atoms with Crippen LogP contribution in [0.15, 0.2) is 27.5 Å². The van der Waals surface area contributed by atoms with Crippen LogP contribution in [0.25, 0.3) is 0 Å². The maximum Gasteiger partial charge on any atom is 0.197 e. The van der Waals surface area contributed by atoms with Gasteiger partial charge in [-0.25, -0.2) is 9.97 Å². The van der Waals surface area contributed by atoms with Gasteiger partial charge in [-0.2, -0.15) is 0 Å². The Labute approximate surface area is 164 Å². The van der Waals surface area contributed by atoms with Crippen molar-refractivity contribution in [3.8, 4) is 0 Å². The monoisotopic (exact) mass is 376 g/mol. The molecule has 0 saturated carbocycles. The van der Waals surface area contributed by atoms with Crippen LogP contribution in [0.2, 0.25) is 0 Å². The molecule has 0 unspecified atom stereocenters. The zero-order valence-corrected chi connectivity index (χ0v) is 17.6. The summed E-state index contributed by atoms with van der Waals surface area (Å²) in [6, 6.07) is 0. The molecular formula is C21H36N4O2. The molecule has 152 valence electrons. The minimum absolute atomic E-state index is 0.546. The fraction of sp³-hybridized carbons (Fsp3) is 0.714. The van der Waals surface area contributed by atoms with Crippen LogP contribution in [-0.4, -0.2) is 60.0 Å². The number of oxazole rings is 2. The quantitative estimate of drug-likeness (QED) is 0.779. The number of nitrogens with zero attached hydrogens (tertiary/aromatic N) is 4. The number of aryl methyl sites for hydroxylation is 1. The highest BCUT2D eigenvalue weighted by Gasteiger charge is 2.22. The molecule has 4 heterocycles. The standard InChI is InChI=1S/C10H16N2O.C9H14N2O.C2H6/c1-8-7-11-10(13-8)9-3-5-12(2)6-4-9;1-11-5-2-8(3-6-11)9-10-4-7-12-9;1-2/h7,9H,3-6H2,1-2H3;4,7-8H,2-3,5-6H2,1H3;1-2H3. The fourth-order valence-electron chi connectivity index (χ4n) is 3.51. The molecule has 0 bridgehead atoms. The van der Waals surface area contributed by atoms with Crippen molar-refractivity contribution in [3.63, 3.8) is 0 Å². The van der Waals surface area contributed by atoms with Crippen LogP contribution in [0.5, 0.6) is 0 Å². The van der Waals surface area contributed by atoms with Gasteiger partial charge in [0, 0.05) is 11.8 Å². The van der Waals surface area contributed by atoms with Gasteiger partial charge < -0.3 is 18.6 Å². The van der Waals surface area contributed by atoms with Crippen molar-refractivity contribution < 1.29 is 8.83 Å². The van der Waals surface area contributed by atoms with Gasteiger partial charge in [-0.3, -0.25) is 0 Å². The molecule has 0 atom stereocenters. The number of likely N-dealkylation sites (tertiary alicyclic amines) is 2. The largest absolute Gasteiger partial charge is 0.449 e. The normalized spacial score (nSPS) is 19.7. The van der Waals surface area contributed by atoms with Crippen molar-refractivity contribution in [3.05, 3.63) is 36.2 Å². The third-order valence-corrected chi connectivity index (χ3v) is 5.23. The Hall–Kier alpha value is -1.66. The molecule has 2 fully saturated rings. The molecule has 0 N–H and O–H groups in total. The van der Waals surface area contributed by atoms with Crippen molar-refractivity contribution in [2.75, 3.05) is 40.3 Å². The van der Waals surface area contributed by atoms with Gasteiger partial charge in [0.1, 0.15) is 12.0 Å². The zero-order chi connectivity index (χ0) is 19.6. The highest BCUT2D eigenvalue weighted by Crippen LogP contribution is 2.27. The van der Waals surface area contributed by atoms with Crippen LogP contribution in [0.4, 0.5) is 0 Å². The molecule has 0 spiro atoms. The smallest absolute Gasteiger partial charge is 0.197 e. The van der Waals surface area contributed by atoms with Crippen LogP contribution in [0.1, 0.15) is 68.9 Å². The number of piperidine rings is 2. The summed E-state index contributed by atoms with van der Waals surface area (Å²) in [7, 11) is 4.32. The molecule has 2 aliphatic rings. The molecule has 0 aliphatic carbocycles. The van der Waals surface area contributed by atoms with Gasteiger partial charge in [-0.15, -0.1) is 0 Å². The maximum absolute atomic E-state index is 5.53. The predicted molar refractivity (Wildman–Crippen MR) is 108 cm³/mol. The van der Waals surface area contributed by atoms with E-state index in [0.29, 0.717) is 11.8 Å². The molecule has 0 radical (unpaired) electrons. The second kappa shape index (κ2) is 11.2. The van der Waals surface area contributed by atoms with E-state index in [9.17, 15) is 0 Å². The van der Waals surface area contributed by atoms with Crippen LogP contribution in [-0.2, 0) is 0 Å². The van der Waals surface area contributed by atoms with E-state index in [-0.39, 0.29) is 0 Å². The highest BCUT2D eigenvalue weighted by molar-refractivity contribution is 4.99. The van der Waals surface area contributed by atoms with E-state index in [4.69, 9.17) is 8.83 Å². The lowest BCUT2D eigenvalue weighted by Gasteiger charge is -2.26. The molecule has 2 saturated heterocycles. The minimum atomic E-state index is 0.546. The first-order valence-corrected chi connectivity index (χ1v) is 10.3. The van der Waals surface area contributed by atoms with Crippen molar-refractivity contribution in [1.29, 1.82) is 0 Å². The van der Waals surface area contributed by atoms with Crippen molar-refractivity contribution in [1.82, 2.24) is 19.8 Å². The first-order valence-electron chi connectivity index (χ1n) is 10.3. The summed E-state index contributed by atoms with van der Waals surface area (Å²) in [6.07, 6.45) is 9.91. The van der Waals surface area contributed by atoms with Crippen LogP contribution >= 0.6 is 0 Å². The topological polar surface area (TPSA) is 58.5 Å². The number of aromatic nitrogens is 2. The van der Waals surface area contributed by atoms with E-state index < -0.39 is 0 Å². The molecule has 2 aromatic heterocycles. The summed E-state index contributed by atoms with van der Waals surface area (Å²) in [5.74, 6) is 3.88. The second-order valence-electron chi connectivity index (χ2n) is 7.33. The summed E-state index contributed by atoms with van der Waals surface area (Å²) >= 11 is 0. The summed E-state index contributed by atoms with van der Waals surface area (Å²) in [6.45, 7) is 10.6. The maximum atomic E-state index is 5.53. The van der Waals surface area contributed by atoms with Crippen molar-refractivity contribution in [2.24, 2.45) is 0 Å². The summed E-state index contributed by atoms with van der Waals surface area (Å²) < 4.78 is 10.8. The summed E-state index contributed by atoms with van der Waals surface area (Å²) in [5.41, 5.74) is 0. The number of rotatable bonds is 2. The minimum Gasteiger partial charge on any atom is -0.449 e. The third-order valence-electron chi connectivity index (χ3n) is 5.23. The van der Waals surface area contributed by atoms with E-state index in [2.05, 4.69) is 33.9 Å². The molecule has 0 amide bonds. The number of hydrogen-bond donors (Lipinski definition) is 0. The van der Waals surface area contributed by atoms with Gasteiger partial charge in [-0.05, 0) is 72.9 Å². The lowest BCUT2D eigenvalue weighted by molar-refractivity contribution is 0.236. The van der Waals surface area contributed by atoms with E-state index in [1.54, 1.807) is 12.5 Å². The van der Waals surface area contributed by atoms with E-state index in [1.807, 2.05) is 27.0 Å². The lowest BCUT2D eigenvalue weighted by atomic mass is 9.97. The van der Waals surface area contributed by atoms with Gasteiger partial charge in [0.2, 0.25) is 0 Å². The van der Waals surface area contributed by atoms with Gasteiger partial charge >= 0.3 is 0 Å². The van der Waals surface area contributed by atoms with Gasteiger partial charge in [0.05, 0.1) is 12.4 Å². The SMILES string of the molecule is CC.CN1CCC(c2ncco2)CC1.Cc1cnc(C2CCN(C)CC2)o1. The predicted octanol–water partition coefficient (Wildman–Crippen LogP) is 4.30. The molecule has 6 heteroatoms. The Morgan fingerprint density at radius 2 is 1.37 bits per heavy atom. The van der Waals surface area contributed by atoms with E-state index >= 15 is 0 Å². The first kappa shape index (κ1) is 21.6. The Bertz CT molecular complexity index is 610.